The number of H-pyrrole nitrogens is 1. The molecule has 6 nitrogen and oxygen atoms in total. The number of aromatic nitrogens is 4. The number of benzene rings is 1. The number of carbonyl (C=O) groups excluding carboxylic acids is 2. The largest absolute Gasteiger partial charge is 0.355 e. The normalized spacial score (nSPS) is 12.2. The predicted molar refractivity (Wildman–Crippen MR) is 106 cm³/mol. The first kappa shape index (κ1) is 19.1. The molecule has 1 aromatic carbocycles. The maximum absolute atomic E-state index is 13.0. The van der Waals surface area contributed by atoms with Crippen LogP contribution >= 0.6 is 11.8 Å². The molecule has 140 valence electrons. The molecule has 0 amide bonds. The van der Waals surface area contributed by atoms with Gasteiger partial charge in [0, 0.05) is 11.3 Å². The summed E-state index contributed by atoms with van der Waals surface area (Å²) in [4.78, 5) is 27.9. The van der Waals surface area contributed by atoms with Crippen molar-refractivity contribution >= 4 is 23.3 Å². The summed E-state index contributed by atoms with van der Waals surface area (Å²) in [6.45, 7) is 8.99. The summed E-state index contributed by atoms with van der Waals surface area (Å²) in [5, 5.41) is 8.46. The minimum absolute atomic E-state index is 0.0418. The Labute approximate surface area is 162 Å². The van der Waals surface area contributed by atoms with Crippen LogP contribution in [0.4, 0.5) is 0 Å². The van der Waals surface area contributed by atoms with Crippen LogP contribution in [0.2, 0.25) is 0 Å². The van der Waals surface area contributed by atoms with Gasteiger partial charge in [-0.2, -0.15) is 0 Å². The van der Waals surface area contributed by atoms with Crippen LogP contribution in [-0.4, -0.2) is 36.6 Å². The van der Waals surface area contributed by atoms with Gasteiger partial charge in [-0.05, 0) is 51.8 Å². The zero-order valence-electron chi connectivity index (χ0n) is 16.0. The highest BCUT2D eigenvalue weighted by Gasteiger charge is 2.25. The van der Waals surface area contributed by atoms with Gasteiger partial charge in [0.2, 0.25) is 0 Å². The minimum Gasteiger partial charge on any atom is -0.355 e. The molecule has 0 spiro atoms. The molecule has 1 atom stereocenters. The van der Waals surface area contributed by atoms with E-state index < -0.39 is 0 Å². The molecule has 1 unspecified atom stereocenters. The Kier molecular flexibility index (Phi) is 5.32. The van der Waals surface area contributed by atoms with Gasteiger partial charge < -0.3 is 4.98 Å². The first-order valence-corrected chi connectivity index (χ1v) is 9.56. The minimum atomic E-state index is -0.381. The molecule has 27 heavy (non-hydrogen) atoms. The number of nitrogens with zero attached hydrogens (tertiary/aromatic N) is 3. The molecule has 3 aromatic rings. The quantitative estimate of drug-likeness (QED) is 0.513. The average molecular weight is 382 g/mol. The topological polar surface area (TPSA) is 80.6 Å². The lowest BCUT2D eigenvalue weighted by atomic mass is 10.0. The Bertz CT molecular complexity index is 1020. The van der Waals surface area contributed by atoms with E-state index in [9.17, 15) is 9.59 Å². The molecule has 0 saturated carbocycles. The first-order chi connectivity index (χ1) is 12.8. The second-order valence-electron chi connectivity index (χ2n) is 6.58. The Morgan fingerprint density at radius 3 is 2.52 bits per heavy atom. The van der Waals surface area contributed by atoms with Gasteiger partial charge in [-0.25, -0.2) is 0 Å². The molecule has 0 aliphatic rings. The second kappa shape index (κ2) is 7.52. The van der Waals surface area contributed by atoms with E-state index in [1.807, 2.05) is 49.6 Å². The lowest BCUT2D eigenvalue weighted by Gasteiger charge is -2.12. The summed E-state index contributed by atoms with van der Waals surface area (Å²) in [5.41, 5.74) is 4.59. The lowest BCUT2D eigenvalue weighted by molar-refractivity contribution is 0.0988. The zero-order chi connectivity index (χ0) is 19.7. The number of thioether (sulfide) groups is 1. The zero-order valence-corrected chi connectivity index (χ0v) is 16.8. The molecular weight excluding hydrogens is 360 g/mol. The summed E-state index contributed by atoms with van der Waals surface area (Å²) in [6, 6.07) is 7.95. The lowest BCUT2D eigenvalue weighted by Crippen LogP contribution is -2.16. The van der Waals surface area contributed by atoms with Crippen molar-refractivity contribution in [3.8, 4) is 5.69 Å². The summed E-state index contributed by atoms with van der Waals surface area (Å²) in [5.74, 6) is -0.104. The van der Waals surface area contributed by atoms with Crippen molar-refractivity contribution < 1.29 is 9.59 Å². The number of rotatable bonds is 6. The average Bonchev–Trinajstić information content (AvgIpc) is 3.18. The maximum Gasteiger partial charge on any atom is 0.196 e. The Hall–Kier alpha value is -2.67. The Balaban J connectivity index is 1.87. The van der Waals surface area contributed by atoms with Gasteiger partial charge in [-0.3, -0.25) is 14.2 Å². The number of Topliss-reactive ketones (excluding diaryl/α,β-unsaturated/α-hetero) is 2. The van der Waals surface area contributed by atoms with Crippen LogP contribution in [0.25, 0.3) is 5.69 Å². The van der Waals surface area contributed by atoms with Crippen LogP contribution in [-0.2, 0) is 0 Å². The van der Waals surface area contributed by atoms with Crippen molar-refractivity contribution in [1.29, 1.82) is 0 Å². The van der Waals surface area contributed by atoms with Crippen molar-refractivity contribution in [2.24, 2.45) is 0 Å². The molecule has 2 heterocycles. The van der Waals surface area contributed by atoms with E-state index in [1.54, 1.807) is 13.3 Å². The summed E-state index contributed by atoms with van der Waals surface area (Å²) in [6.07, 6.45) is 1.65. The second-order valence-corrected chi connectivity index (χ2v) is 7.88. The van der Waals surface area contributed by atoms with Gasteiger partial charge in [0.05, 0.1) is 16.6 Å². The van der Waals surface area contributed by atoms with Crippen molar-refractivity contribution in [3.05, 3.63) is 58.7 Å². The molecule has 0 aliphatic carbocycles. The monoisotopic (exact) mass is 382 g/mol. The molecule has 7 heteroatoms. The van der Waals surface area contributed by atoms with E-state index in [0.29, 0.717) is 22.0 Å². The molecule has 0 radical (unpaired) electrons. The third-order valence-corrected chi connectivity index (χ3v) is 5.64. The third-order valence-electron chi connectivity index (χ3n) is 4.58. The summed E-state index contributed by atoms with van der Waals surface area (Å²) < 4.78 is 1.89. The standard InChI is InChI=1S/C20H22N4O2S/c1-11-8-6-7-9-16(11)24-10-21-23-20(24)27-15(5)19(26)18-12(2)17(14(4)25)13(3)22-18/h6-10,15,22H,1-5H3. The third kappa shape index (κ3) is 3.60. The SMILES string of the molecule is CC(=O)c1c(C)[nH]c(C(=O)C(C)Sc2nncn2-c2ccccc2C)c1C. The first-order valence-electron chi connectivity index (χ1n) is 8.68. The van der Waals surface area contributed by atoms with E-state index in [2.05, 4.69) is 15.2 Å². The number of nitrogens with one attached hydrogen (secondary N) is 1. The van der Waals surface area contributed by atoms with Gasteiger partial charge in [0.25, 0.3) is 0 Å². The van der Waals surface area contributed by atoms with Gasteiger partial charge in [0.15, 0.2) is 16.7 Å². The molecule has 0 fully saturated rings. The molecule has 0 aliphatic heterocycles. The maximum atomic E-state index is 13.0. The highest BCUT2D eigenvalue weighted by Crippen LogP contribution is 2.29. The van der Waals surface area contributed by atoms with Crippen molar-refractivity contribution in [2.75, 3.05) is 0 Å². The highest BCUT2D eigenvalue weighted by molar-refractivity contribution is 8.00. The number of ketones is 2. The Morgan fingerprint density at radius 1 is 1.19 bits per heavy atom. The van der Waals surface area contributed by atoms with Crippen LogP contribution < -0.4 is 0 Å². The van der Waals surface area contributed by atoms with Gasteiger partial charge in [-0.15, -0.1) is 10.2 Å². The molecule has 0 saturated heterocycles. The van der Waals surface area contributed by atoms with E-state index in [-0.39, 0.29) is 16.8 Å². The number of para-hydroxylation sites is 1. The fraction of sp³-hybridized carbons (Fsp3) is 0.300. The predicted octanol–water partition coefficient (Wildman–Crippen LogP) is 4.09. The smallest absolute Gasteiger partial charge is 0.196 e. The van der Waals surface area contributed by atoms with E-state index >= 15 is 0 Å². The number of hydrogen-bond acceptors (Lipinski definition) is 5. The fourth-order valence-electron chi connectivity index (χ4n) is 3.24. The molecule has 0 bridgehead atoms. The van der Waals surface area contributed by atoms with E-state index in [0.717, 1.165) is 16.9 Å². The summed E-state index contributed by atoms with van der Waals surface area (Å²) >= 11 is 1.35. The number of aromatic amines is 1. The van der Waals surface area contributed by atoms with Gasteiger partial charge >= 0.3 is 0 Å². The Morgan fingerprint density at radius 2 is 1.89 bits per heavy atom. The molecule has 1 N–H and O–H groups in total. The van der Waals surface area contributed by atoms with Crippen LogP contribution in [0.15, 0.2) is 35.7 Å². The number of hydrogen-bond donors (Lipinski definition) is 1. The van der Waals surface area contributed by atoms with Crippen LogP contribution in [0.1, 0.15) is 51.5 Å². The van der Waals surface area contributed by atoms with E-state index in [1.165, 1.54) is 18.7 Å². The highest BCUT2D eigenvalue weighted by atomic mass is 32.2. The van der Waals surface area contributed by atoms with Crippen LogP contribution in [0, 0.1) is 20.8 Å². The van der Waals surface area contributed by atoms with E-state index in [4.69, 9.17) is 0 Å². The summed E-state index contributed by atoms with van der Waals surface area (Å²) in [7, 11) is 0. The van der Waals surface area contributed by atoms with Crippen molar-refractivity contribution in [2.45, 2.75) is 45.0 Å². The fourth-order valence-corrected chi connectivity index (χ4v) is 4.14. The van der Waals surface area contributed by atoms with Crippen LogP contribution in [0.3, 0.4) is 0 Å². The number of carbonyl (C=O) groups is 2. The van der Waals surface area contributed by atoms with Crippen molar-refractivity contribution in [3.63, 3.8) is 0 Å². The van der Waals surface area contributed by atoms with Gasteiger partial charge in [0.1, 0.15) is 6.33 Å². The van der Waals surface area contributed by atoms with Crippen molar-refractivity contribution in [1.82, 2.24) is 19.7 Å². The molecule has 3 rings (SSSR count). The number of aryl methyl sites for hydroxylation is 2. The molecule has 2 aromatic heterocycles. The molecular formula is C20H22N4O2S. The van der Waals surface area contributed by atoms with Gasteiger partial charge in [-0.1, -0.05) is 30.0 Å². The van der Waals surface area contributed by atoms with Crippen LogP contribution in [0.5, 0.6) is 0 Å².